The van der Waals surface area contributed by atoms with Crippen LogP contribution in [0.15, 0.2) is 24.0 Å². The number of aromatic hydroxyl groups is 1. The molecule has 4 rings (SSSR count). The number of aliphatic hydroxyl groups excluding tert-OH is 1. The van der Waals surface area contributed by atoms with E-state index in [1.807, 2.05) is 25.8 Å². The third-order valence-corrected chi connectivity index (χ3v) is 8.09. The summed E-state index contributed by atoms with van der Waals surface area (Å²) in [6.07, 6.45) is -5.15. The van der Waals surface area contributed by atoms with Crippen molar-refractivity contribution in [1.82, 2.24) is 4.90 Å². The van der Waals surface area contributed by atoms with E-state index in [2.05, 4.69) is 4.74 Å². The fraction of sp³-hybridized carbons (Fsp3) is 0.538. The van der Waals surface area contributed by atoms with E-state index in [9.17, 15) is 34.5 Å². The van der Waals surface area contributed by atoms with Gasteiger partial charge in [0.15, 0.2) is 23.7 Å². The highest BCUT2D eigenvalue weighted by Gasteiger charge is 2.69. The number of rotatable bonds is 8. The number of aliphatic hydroxyl groups is 2. The molecule has 2 heterocycles. The standard InChI is InChI=1S/C26H31NO12/c1-12-4-5-14(28)21-20(12)25-8-9-27(3)13(2)26(25,36)7-6-16(22(25)39-21)38-24(35)15(29)10-19(32)37-17(23(33)34)11-18(30)31/h4-6,13,15,17,22,28-29,36H,7-11H2,1-3H3,(H,30,31)(H,33,34)/t13-,15+,17+,22+,25+,26-/m1/s1. The summed E-state index contributed by atoms with van der Waals surface area (Å²) >= 11 is 0. The fourth-order valence-electron chi connectivity index (χ4n) is 5.98. The molecule has 0 radical (unpaired) electrons. The SMILES string of the molecule is Cc1ccc(O)c2c1[C@]13CCN(C)[C@H](C)[C@]1(O)CC=C(OC(=O)[C@@H](O)CC(=O)O[C@@H](CC(=O)O)C(=O)O)[C@@H]3O2. The zero-order valence-corrected chi connectivity index (χ0v) is 21.6. The smallest absolute Gasteiger partial charge is 0.345 e. The first-order valence-corrected chi connectivity index (χ1v) is 12.4. The largest absolute Gasteiger partial charge is 0.504 e. The van der Waals surface area contributed by atoms with Gasteiger partial charge in [0.25, 0.3) is 0 Å². The fourth-order valence-corrected chi connectivity index (χ4v) is 5.98. The zero-order valence-electron chi connectivity index (χ0n) is 21.6. The van der Waals surface area contributed by atoms with Crippen LogP contribution in [0.3, 0.4) is 0 Å². The Labute approximate surface area is 223 Å². The second-order valence-electron chi connectivity index (χ2n) is 10.3. The van der Waals surface area contributed by atoms with E-state index in [0.29, 0.717) is 18.5 Å². The van der Waals surface area contributed by atoms with Crippen molar-refractivity contribution in [2.24, 2.45) is 0 Å². The van der Waals surface area contributed by atoms with Gasteiger partial charge >= 0.3 is 23.9 Å². The molecule has 1 aliphatic carbocycles. The summed E-state index contributed by atoms with van der Waals surface area (Å²) in [5, 5.41) is 50.8. The van der Waals surface area contributed by atoms with E-state index in [4.69, 9.17) is 19.7 Å². The van der Waals surface area contributed by atoms with Crippen molar-refractivity contribution in [2.75, 3.05) is 13.6 Å². The third-order valence-electron chi connectivity index (χ3n) is 8.09. The number of benzene rings is 1. The molecule has 1 spiro atoms. The summed E-state index contributed by atoms with van der Waals surface area (Å²) < 4.78 is 16.2. The maximum absolute atomic E-state index is 12.8. The van der Waals surface area contributed by atoms with Crippen LogP contribution in [0.1, 0.15) is 43.7 Å². The molecule has 13 nitrogen and oxygen atoms in total. The van der Waals surface area contributed by atoms with Gasteiger partial charge in [-0.05, 0) is 51.6 Å². The molecule has 0 unspecified atom stereocenters. The molecular weight excluding hydrogens is 518 g/mol. The number of carbonyl (C=O) groups excluding carboxylic acids is 2. The highest BCUT2D eigenvalue weighted by atomic mass is 16.6. The first-order valence-electron chi connectivity index (χ1n) is 12.4. The van der Waals surface area contributed by atoms with Crippen LogP contribution in [-0.4, -0.2) is 97.9 Å². The van der Waals surface area contributed by atoms with Gasteiger partial charge in [0, 0.05) is 18.0 Å². The lowest BCUT2D eigenvalue weighted by Gasteiger charge is -2.58. The number of piperidine rings is 1. The average Bonchev–Trinajstić information content (AvgIpc) is 3.23. The minimum atomic E-state index is -2.07. The number of carbonyl (C=O) groups is 4. The molecule has 212 valence electrons. The third kappa shape index (κ3) is 4.60. The van der Waals surface area contributed by atoms with Crippen LogP contribution in [0.4, 0.5) is 0 Å². The number of phenols is 1. The normalized spacial score (nSPS) is 29.0. The van der Waals surface area contributed by atoms with Crippen LogP contribution in [0, 0.1) is 6.92 Å². The summed E-state index contributed by atoms with van der Waals surface area (Å²) in [4.78, 5) is 48.8. The number of hydrogen-bond acceptors (Lipinski definition) is 11. The van der Waals surface area contributed by atoms with Crippen molar-refractivity contribution in [1.29, 1.82) is 0 Å². The van der Waals surface area contributed by atoms with Crippen LogP contribution in [0.5, 0.6) is 11.5 Å². The molecule has 3 aliphatic rings. The Balaban J connectivity index is 1.58. The Morgan fingerprint density at radius 3 is 2.54 bits per heavy atom. The molecule has 39 heavy (non-hydrogen) atoms. The lowest BCUT2D eigenvalue weighted by molar-refractivity contribution is -0.172. The van der Waals surface area contributed by atoms with E-state index in [0.717, 1.165) is 5.56 Å². The number of carboxylic acid groups (broad SMARTS) is 2. The van der Waals surface area contributed by atoms with Crippen molar-refractivity contribution < 1.29 is 58.9 Å². The molecule has 1 aromatic rings. The van der Waals surface area contributed by atoms with Gasteiger partial charge in [0.05, 0.1) is 23.9 Å². The summed E-state index contributed by atoms with van der Waals surface area (Å²) in [5.41, 5.74) is -1.09. The van der Waals surface area contributed by atoms with Gasteiger partial charge in [-0.1, -0.05) is 6.07 Å². The van der Waals surface area contributed by atoms with E-state index >= 15 is 0 Å². The van der Waals surface area contributed by atoms with Crippen molar-refractivity contribution in [3.63, 3.8) is 0 Å². The van der Waals surface area contributed by atoms with Crippen molar-refractivity contribution >= 4 is 23.9 Å². The summed E-state index contributed by atoms with van der Waals surface area (Å²) in [6, 6.07) is 2.84. The number of aliphatic carboxylic acids is 2. The molecule has 1 fully saturated rings. The van der Waals surface area contributed by atoms with E-state index < -0.39 is 66.0 Å². The first-order chi connectivity index (χ1) is 18.2. The molecule has 1 aromatic carbocycles. The van der Waals surface area contributed by atoms with Crippen LogP contribution in [0.2, 0.25) is 0 Å². The minimum absolute atomic E-state index is 0.0156. The predicted octanol–water partition coefficient (Wildman–Crippen LogP) is 0.207. The second-order valence-corrected chi connectivity index (χ2v) is 10.3. The van der Waals surface area contributed by atoms with Gasteiger partial charge < -0.3 is 44.6 Å². The number of ether oxygens (including phenoxy) is 3. The predicted molar refractivity (Wildman–Crippen MR) is 130 cm³/mol. The number of aryl methyl sites for hydroxylation is 1. The minimum Gasteiger partial charge on any atom is -0.504 e. The number of hydrogen-bond donors (Lipinski definition) is 5. The number of carboxylic acids is 2. The quantitative estimate of drug-likeness (QED) is 0.276. The Morgan fingerprint density at radius 1 is 1.21 bits per heavy atom. The molecule has 6 atom stereocenters. The van der Waals surface area contributed by atoms with Crippen LogP contribution >= 0.6 is 0 Å². The molecule has 1 saturated heterocycles. The molecule has 2 aliphatic heterocycles. The van der Waals surface area contributed by atoms with Gasteiger partial charge in [0.2, 0.25) is 6.10 Å². The van der Waals surface area contributed by atoms with Crippen LogP contribution in [0.25, 0.3) is 0 Å². The number of phenolic OH excluding ortho intramolecular Hbond substituents is 1. The highest BCUT2D eigenvalue weighted by molar-refractivity contribution is 5.85. The van der Waals surface area contributed by atoms with Crippen LogP contribution in [-0.2, 0) is 34.1 Å². The molecule has 0 bridgehead atoms. The number of fused-ring (bicyclic) bond motifs is 1. The number of likely N-dealkylation sites (tertiary alicyclic amines) is 1. The highest BCUT2D eigenvalue weighted by Crippen LogP contribution is 2.62. The van der Waals surface area contributed by atoms with Gasteiger partial charge in [-0.25, -0.2) is 9.59 Å². The Morgan fingerprint density at radius 2 is 1.90 bits per heavy atom. The maximum atomic E-state index is 12.8. The van der Waals surface area contributed by atoms with Gasteiger partial charge in [-0.3, -0.25) is 9.59 Å². The molecule has 5 N–H and O–H groups in total. The van der Waals surface area contributed by atoms with Gasteiger partial charge in [-0.15, -0.1) is 0 Å². The second kappa shape index (κ2) is 10.1. The van der Waals surface area contributed by atoms with Crippen molar-refractivity contribution in [3.05, 3.63) is 35.1 Å². The molecule has 13 heteroatoms. The average molecular weight is 550 g/mol. The lowest BCUT2D eigenvalue weighted by Crippen LogP contribution is -2.71. The van der Waals surface area contributed by atoms with Gasteiger partial charge in [0.1, 0.15) is 5.76 Å². The van der Waals surface area contributed by atoms with E-state index in [-0.39, 0.29) is 29.7 Å². The number of nitrogens with zero attached hydrogens (tertiary/aromatic N) is 1. The summed E-state index contributed by atoms with van der Waals surface area (Å²) in [5.74, 6) is -5.78. The van der Waals surface area contributed by atoms with Crippen LogP contribution < -0.4 is 4.74 Å². The molecule has 0 saturated carbocycles. The molecule has 0 aromatic heterocycles. The number of likely N-dealkylation sites (N-methyl/N-ethyl adjacent to an activating group) is 1. The van der Waals surface area contributed by atoms with Crippen molar-refractivity contribution in [3.8, 4) is 11.5 Å². The van der Waals surface area contributed by atoms with Gasteiger partial charge in [-0.2, -0.15) is 0 Å². The first kappa shape index (κ1) is 28.3. The topological polar surface area (TPSA) is 200 Å². The zero-order chi connectivity index (χ0) is 28.9. The van der Waals surface area contributed by atoms with E-state index in [1.54, 1.807) is 6.07 Å². The Hall–Kier alpha value is -3.68. The monoisotopic (exact) mass is 549 g/mol. The number of esters is 2. The van der Waals surface area contributed by atoms with Crippen molar-refractivity contribution in [2.45, 2.75) is 74.9 Å². The van der Waals surface area contributed by atoms with E-state index in [1.165, 1.54) is 12.1 Å². The summed E-state index contributed by atoms with van der Waals surface area (Å²) in [7, 11) is 1.89. The lowest BCUT2D eigenvalue weighted by atomic mass is 9.54. The molecular formula is C26H31NO12. The Kier molecular flexibility index (Phi) is 7.36. The summed E-state index contributed by atoms with van der Waals surface area (Å²) in [6.45, 7) is 4.27. The molecule has 0 amide bonds. The Bertz CT molecular complexity index is 1240. The maximum Gasteiger partial charge on any atom is 0.345 e.